The minimum absolute atomic E-state index is 0.0822. The topological polar surface area (TPSA) is 158 Å². The van der Waals surface area contributed by atoms with Gasteiger partial charge in [-0.05, 0) is 31.2 Å². The second-order valence-electron chi connectivity index (χ2n) is 7.33. The average Bonchev–Trinajstić information content (AvgIpc) is 3.34. The molecule has 14 heteroatoms. The first kappa shape index (κ1) is 22.3. The molecular formula is C19H19N7O6S. The molecule has 1 fully saturated rings. The van der Waals surface area contributed by atoms with Gasteiger partial charge in [-0.15, -0.1) is 10.2 Å². The van der Waals surface area contributed by atoms with Gasteiger partial charge < -0.3 is 9.47 Å². The van der Waals surface area contributed by atoms with Crippen molar-refractivity contribution in [2.24, 2.45) is 0 Å². The van der Waals surface area contributed by atoms with Gasteiger partial charge in [0.2, 0.25) is 10.0 Å². The van der Waals surface area contributed by atoms with Crippen molar-refractivity contribution < 1.29 is 18.3 Å². The molecule has 0 radical (unpaired) electrons. The second-order valence-corrected chi connectivity index (χ2v) is 9.27. The molecule has 0 aliphatic carbocycles. The number of hydrogen-bond acceptors (Lipinski definition) is 9. The Labute approximate surface area is 188 Å². The number of nitro benzene ring substituents is 2. The maximum atomic E-state index is 13.1. The fourth-order valence-corrected chi connectivity index (χ4v) is 5.07. The van der Waals surface area contributed by atoms with E-state index >= 15 is 0 Å². The molecule has 1 aliphatic rings. The normalized spacial score (nSPS) is 14.9. The smallest absolute Gasteiger partial charge is 0.280 e. The standard InChI is InChI=1S/C19H19N7O6S/c1-14-16(25(27)28)12-15(13-17(14)26(29)30)33(31,32)24-10-8-23(9-11-24)19-5-4-18(20-21-19)22-6-2-3-7-22/h2-7,12-13H,8-11H2,1H3. The van der Waals surface area contributed by atoms with Gasteiger partial charge in [-0.25, -0.2) is 8.42 Å². The Morgan fingerprint density at radius 3 is 1.88 bits per heavy atom. The van der Waals surface area contributed by atoms with Crippen LogP contribution in [0.2, 0.25) is 0 Å². The van der Waals surface area contributed by atoms with E-state index in [4.69, 9.17) is 0 Å². The Morgan fingerprint density at radius 1 is 0.879 bits per heavy atom. The molecule has 0 saturated carbocycles. The van der Waals surface area contributed by atoms with Gasteiger partial charge in [-0.2, -0.15) is 4.31 Å². The number of benzene rings is 1. The van der Waals surface area contributed by atoms with Crippen molar-refractivity contribution >= 4 is 27.2 Å². The summed E-state index contributed by atoms with van der Waals surface area (Å²) < 4.78 is 29.2. The third kappa shape index (κ3) is 4.25. The highest BCUT2D eigenvalue weighted by Gasteiger charge is 2.33. The third-order valence-corrected chi connectivity index (χ3v) is 7.30. The van der Waals surface area contributed by atoms with E-state index in [-0.39, 0.29) is 18.7 Å². The van der Waals surface area contributed by atoms with Crippen molar-refractivity contribution in [2.75, 3.05) is 31.1 Å². The van der Waals surface area contributed by atoms with Crippen molar-refractivity contribution in [1.82, 2.24) is 19.1 Å². The maximum absolute atomic E-state index is 13.1. The van der Waals surface area contributed by atoms with E-state index in [0.717, 1.165) is 16.4 Å². The molecule has 3 aromatic rings. The molecule has 3 heterocycles. The molecule has 4 rings (SSSR count). The number of piperazine rings is 1. The lowest BCUT2D eigenvalue weighted by Gasteiger charge is -2.34. The Balaban J connectivity index is 1.52. The lowest BCUT2D eigenvalue weighted by Crippen LogP contribution is -2.49. The molecule has 0 bridgehead atoms. The van der Waals surface area contributed by atoms with Crippen LogP contribution in [0, 0.1) is 27.2 Å². The van der Waals surface area contributed by atoms with Gasteiger partial charge in [0.15, 0.2) is 11.6 Å². The quantitative estimate of drug-likeness (QED) is 0.385. The van der Waals surface area contributed by atoms with E-state index < -0.39 is 36.1 Å². The molecule has 1 aliphatic heterocycles. The molecule has 33 heavy (non-hydrogen) atoms. The van der Waals surface area contributed by atoms with Crippen molar-refractivity contribution in [1.29, 1.82) is 0 Å². The Hall–Kier alpha value is -3.91. The summed E-state index contributed by atoms with van der Waals surface area (Å²) in [5.74, 6) is 1.23. The first-order chi connectivity index (χ1) is 15.7. The van der Waals surface area contributed by atoms with E-state index in [1.807, 2.05) is 29.4 Å². The summed E-state index contributed by atoms with van der Waals surface area (Å²) in [6.45, 7) is 2.01. The average molecular weight is 473 g/mol. The zero-order chi connectivity index (χ0) is 23.8. The van der Waals surface area contributed by atoms with Crippen LogP contribution in [0.15, 0.2) is 53.7 Å². The Bertz CT molecular complexity index is 1270. The van der Waals surface area contributed by atoms with Gasteiger partial charge in [-0.3, -0.25) is 20.2 Å². The largest absolute Gasteiger partial charge is 0.352 e. The maximum Gasteiger partial charge on any atom is 0.280 e. The zero-order valence-electron chi connectivity index (χ0n) is 17.4. The molecule has 0 N–H and O–H groups in total. The van der Waals surface area contributed by atoms with Crippen LogP contribution in [0.3, 0.4) is 0 Å². The van der Waals surface area contributed by atoms with Crippen molar-refractivity contribution in [3.63, 3.8) is 0 Å². The van der Waals surface area contributed by atoms with Crippen LogP contribution in [0.25, 0.3) is 5.82 Å². The molecule has 0 unspecified atom stereocenters. The lowest BCUT2D eigenvalue weighted by atomic mass is 10.1. The van der Waals surface area contributed by atoms with Gasteiger partial charge in [0.1, 0.15) is 5.56 Å². The summed E-state index contributed by atoms with van der Waals surface area (Å²) >= 11 is 0. The molecular weight excluding hydrogens is 454 g/mol. The van der Waals surface area contributed by atoms with E-state index in [1.165, 1.54) is 6.92 Å². The lowest BCUT2D eigenvalue weighted by molar-refractivity contribution is -0.395. The molecule has 0 amide bonds. The number of nitro groups is 2. The van der Waals surface area contributed by atoms with E-state index in [9.17, 15) is 28.6 Å². The molecule has 1 aromatic carbocycles. The van der Waals surface area contributed by atoms with Crippen molar-refractivity contribution in [2.45, 2.75) is 11.8 Å². The minimum Gasteiger partial charge on any atom is -0.352 e. The van der Waals surface area contributed by atoms with E-state index in [2.05, 4.69) is 10.2 Å². The van der Waals surface area contributed by atoms with Crippen LogP contribution in [-0.2, 0) is 10.0 Å². The Morgan fingerprint density at radius 2 is 1.39 bits per heavy atom. The number of aromatic nitrogens is 3. The summed E-state index contributed by atoms with van der Waals surface area (Å²) in [6.07, 6.45) is 3.68. The van der Waals surface area contributed by atoms with Crippen LogP contribution in [0.4, 0.5) is 17.2 Å². The SMILES string of the molecule is Cc1c([N+](=O)[O-])cc(S(=O)(=O)N2CCN(c3ccc(-n4cccc4)nn3)CC2)cc1[N+](=O)[O-]. The Kier molecular flexibility index (Phi) is 5.78. The van der Waals surface area contributed by atoms with Gasteiger partial charge in [0, 0.05) is 50.7 Å². The molecule has 2 aromatic heterocycles. The van der Waals surface area contributed by atoms with Crippen LogP contribution >= 0.6 is 0 Å². The molecule has 13 nitrogen and oxygen atoms in total. The predicted octanol–water partition coefficient (Wildman–Crippen LogP) is 1.90. The number of nitrogens with zero attached hydrogens (tertiary/aromatic N) is 7. The van der Waals surface area contributed by atoms with Crippen LogP contribution in [-0.4, -0.2) is 63.5 Å². The highest BCUT2D eigenvalue weighted by Crippen LogP contribution is 2.33. The summed E-state index contributed by atoms with van der Waals surface area (Å²) in [4.78, 5) is 22.4. The first-order valence-electron chi connectivity index (χ1n) is 9.84. The van der Waals surface area contributed by atoms with Gasteiger partial charge in [0.25, 0.3) is 11.4 Å². The summed E-state index contributed by atoms with van der Waals surface area (Å²) in [5.41, 5.74) is -1.42. The first-order valence-corrected chi connectivity index (χ1v) is 11.3. The molecule has 0 atom stereocenters. The van der Waals surface area contributed by atoms with Crippen molar-refractivity contribution in [3.8, 4) is 5.82 Å². The number of sulfonamides is 1. The van der Waals surface area contributed by atoms with Crippen LogP contribution in [0.5, 0.6) is 0 Å². The summed E-state index contributed by atoms with van der Waals surface area (Å²) in [5, 5.41) is 31.0. The second kappa shape index (κ2) is 8.55. The molecule has 1 saturated heterocycles. The van der Waals surface area contributed by atoms with Crippen LogP contribution in [0.1, 0.15) is 5.56 Å². The fourth-order valence-electron chi connectivity index (χ4n) is 3.61. The van der Waals surface area contributed by atoms with E-state index in [0.29, 0.717) is 24.7 Å². The molecule has 0 spiro atoms. The predicted molar refractivity (Wildman–Crippen MR) is 117 cm³/mol. The zero-order valence-corrected chi connectivity index (χ0v) is 18.3. The number of rotatable bonds is 6. The third-order valence-electron chi connectivity index (χ3n) is 5.43. The van der Waals surface area contributed by atoms with E-state index in [1.54, 1.807) is 16.7 Å². The summed E-state index contributed by atoms with van der Waals surface area (Å²) in [6, 6.07) is 9.07. The number of hydrogen-bond donors (Lipinski definition) is 0. The van der Waals surface area contributed by atoms with Gasteiger partial charge in [0.05, 0.1) is 14.7 Å². The fraction of sp³-hybridized carbons (Fsp3) is 0.263. The summed E-state index contributed by atoms with van der Waals surface area (Å²) in [7, 11) is -4.17. The van der Waals surface area contributed by atoms with Crippen LogP contribution < -0.4 is 4.90 Å². The number of anilines is 1. The van der Waals surface area contributed by atoms with Crippen molar-refractivity contribution in [3.05, 3.63) is 74.6 Å². The minimum atomic E-state index is -4.17. The van der Waals surface area contributed by atoms with Gasteiger partial charge >= 0.3 is 0 Å². The highest BCUT2D eigenvalue weighted by molar-refractivity contribution is 7.89. The molecule has 172 valence electrons. The van der Waals surface area contributed by atoms with Gasteiger partial charge in [-0.1, -0.05) is 0 Å². The monoisotopic (exact) mass is 473 g/mol. The highest BCUT2D eigenvalue weighted by atomic mass is 32.2.